The number of hydrogen-bond donors (Lipinski definition) is 3. The molecule has 0 saturated carbocycles. The lowest BCUT2D eigenvalue weighted by molar-refractivity contribution is -0.131. The van der Waals surface area contributed by atoms with Gasteiger partial charge in [0.15, 0.2) is 11.5 Å². The number of benzene rings is 3. The summed E-state index contributed by atoms with van der Waals surface area (Å²) in [6.45, 7) is 22.8. The van der Waals surface area contributed by atoms with Crippen LogP contribution in [-0.2, 0) is 20.8 Å². The number of phenols is 3. The highest BCUT2D eigenvalue weighted by atomic mass is 16.5. The fourth-order valence-electron chi connectivity index (χ4n) is 4.83. The zero-order valence-corrected chi connectivity index (χ0v) is 29.0. The summed E-state index contributed by atoms with van der Waals surface area (Å²) in [7, 11) is 0. The Bertz CT molecular complexity index is 1800. The standard InChI is InChI=1S/C39H44O10/c1-20(2)29-18-34(48-38(44)22(5)6)26(14-33(29)42)13-24(9)30-15-27(40)16-31(36(30)49-39(45)23(7)8)25(10)19-46-35-17-28(11-12-32(35)41)47-37(43)21(3)4/h11-12,14-18,20,24-25,40-42H,3,5,7,13,19H2,1-2,4,6,8-10H3. The minimum absolute atomic E-state index is 0.0327. The molecule has 49 heavy (non-hydrogen) atoms. The summed E-state index contributed by atoms with van der Waals surface area (Å²) in [6.07, 6.45) is 0.208. The van der Waals surface area contributed by atoms with Crippen molar-refractivity contribution in [3.8, 4) is 40.2 Å². The number of ether oxygens (including phenoxy) is 4. The van der Waals surface area contributed by atoms with E-state index in [0.29, 0.717) is 22.3 Å². The van der Waals surface area contributed by atoms with Crippen LogP contribution in [0.4, 0.5) is 0 Å². The lowest BCUT2D eigenvalue weighted by atomic mass is 9.87. The summed E-state index contributed by atoms with van der Waals surface area (Å²) in [6, 6.07) is 10.2. The zero-order valence-electron chi connectivity index (χ0n) is 29.0. The van der Waals surface area contributed by atoms with E-state index < -0.39 is 29.7 Å². The molecule has 0 amide bonds. The Labute approximate surface area is 286 Å². The topological polar surface area (TPSA) is 149 Å². The Morgan fingerprint density at radius 3 is 1.78 bits per heavy atom. The Balaban J connectivity index is 2.04. The number of carbonyl (C=O) groups is 3. The molecule has 260 valence electrons. The van der Waals surface area contributed by atoms with Gasteiger partial charge >= 0.3 is 17.9 Å². The van der Waals surface area contributed by atoms with Crippen molar-refractivity contribution in [1.29, 1.82) is 0 Å². The van der Waals surface area contributed by atoms with E-state index >= 15 is 0 Å². The van der Waals surface area contributed by atoms with E-state index in [4.69, 9.17) is 18.9 Å². The summed E-state index contributed by atoms with van der Waals surface area (Å²) >= 11 is 0. The predicted molar refractivity (Wildman–Crippen MR) is 186 cm³/mol. The highest BCUT2D eigenvalue weighted by Gasteiger charge is 2.26. The van der Waals surface area contributed by atoms with Crippen molar-refractivity contribution >= 4 is 17.9 Å². The van der Waals surface area contributed by atoms with Gasteiger partial charge in [-0.25, -0.2) is 14.4 Å². The van der Waals surface area contributed by atoms with Gasteiger partial charge in [0.2, 0.25) is 0 Å². The maximum absolute atomic E-state index is 12.9. The van der Waals surface area contributed by atoms with E-state index in [0.717, 1.165) is 0 Å². The van der Waals surface area contributed by atoms with E-state index in [-0.39, 0.29) is 75.9 Å². The van der Waals surface area contributed by atoms with Gasteiger partial charge in [-0.15, -0.1) is 0 Å². The van der Waals surface area contributed by atoms with E-state index in [1.54, 1.807) is 19.1 Å². The average molecular weight is 673 g/mol. The van der Waals surface area contributed by atoms with Crippen molar-refractivity contribution < 1.29 is 48.7 Å². The number of aromatic hydroxyl groups is 3. The smallest absolute Gasteiger partial charge is 0.338 e. The molecule has 3 N–H and O–H groups in total. The summed E-state index contributed by atoms with van der Waals surface area (Å²) in [5.41, 5.74) is 2.53. The number of phenolic OH excluding ortho intramolecular Hbond substituents is 3. The maximum Gasteiger partial charge on any atom is 0.338 e. The van der Waals surface area contributed by atoms with Gasteiger partial charge in [0.25, 0.3) is 0 Å². The Kier molecular flexibility index (Phi) is 12.4. The SMILES string of the molecule is C=C(C)C(=O)Oc1ccc(O)c(OCC(C)c2cc(O)cc(C(C)Cc3cc(O)c(C(C)C)cc3OC(=O)C(=C)C)c2OC(=O)C(=C)C)c1. The second-order valence-corrected chi connectivity index (χ2v) is 12.6. The van der Waals surface area contributed by atoms with Gasteiger partial charge in [-0.3, -0.25) is 0 Å². The van der Waals surface area contributed by atoms with Crippen molar-refractivity contribution in [3.05, 3.63) is 101 Å². The molecule has 0 heterocycles. The quantitative estimate of drug-likeness (QED) is 0.0876. The van der Waals surface area contributed by atoms with Crippen LogP contribution in [0.3, 0.4) is 0 Å². The molecule has 0 aliphatic rings. The number of hydrogen-bond acceptors (Lipinski definition) is 10. The summed E-state index contributed by atoms with van der Waals surface area (Å²) < 4.78 is 22.7. The van der Waals surface area contributed by atoms with Crippen LogP contribution in [0.15, 0.2) is 78.9 Å². The van der Waals surface area contributed by atoms with Crippen molar-refractivity contribution in [2.45, 2.75) is 72.6 Å². The Morgan fingerprint density at radius 2 is 1.20 bits per heavy atom. The van der Waals surface area contributed by atoms with Crippen LogP contribution in [-0.4, -0.2) is 39.8 Å². The van der Waals surface area contributed by atoms with Crippen LogP contribution in [0.25, 0.3) is 0 Å². The molecule has 0 aliphatic carbocycles. The lowest BCUT2D eigenvalue weighted by Crippen LogP contribution is -2.16. The van der Waals surface area contributed by atoms with Gasteiger partial charge in [0.1, 0.15) is 28.7 Å². The minimum atomic E-state index is -0.687. The highest BCUT2D eigenvalue weighted by molar-refractivity contribution is 5.90. The number of rotatable bonds is 14. The molecule has 0 radical (unpaired) electrons. The van der Waals surface area contributed by atoms with Gasteiger partial charge in [0, 0.05) is 45.4 Å². The van der Waals surface area contributed by atoms with Crippen LogP contribution in [0.1, 0.15) is 88.5 Å². The molecule has 0 fully saturated rings. The molecule has 3 aromatic carbocycles. The van der Waals surface area contributed by atoms with Crippen LogP contribution < -0.4 is 18.9 Å². The molecular weight excluding hydrogens is 628 g/mol. The molecule has 2 unspecified atom stereocenters. The van der Waals surface area contributed by atoms with Crippen LogP contribution in [0.2, 0.25) is 0 Å². The third-order valence-corrected chi connectivity index (χ3v) is 7.62. The molecular formula is C39H44O10. The van der Waals surface area contributed by atoms with Crippen molar-refractivity contribution in [2.24, 2.45) is 0 Å². The third-order valence-electron chi connectivity index (χ3n) is 7.62. The molecule has 0 spiro atoms. The summed E-state index contributed by atoms with van der Waals surface area (Å²) in [5, 5.41) is 32.1. The average Bonchev–Trinajstić information content (AvgIpc) is 3.02. The first-order chi connectivity index (χ1) is 22.9. The fraction of sp³-hybridized carbons (Fsp3) is 0.308. The normalized spacial score (nSPS) is 12.1. The first-order valence-electron chi connectivity index (χ1n) is 15.7. The molecule has 3 rings (SSSR count). The second kappa shape index (κ2) is 16.1. The summed E-state index contributed by atoms with van der Waals surface area (Å²) in [4.78, 5) is 37.4. The van der Waals surface area contributed by atoms with Gasteiger partial charge < -0.3 is 34.3 Å². The number of esters is 3. The van der Waals surface area contributed by atoms with Crippen LogP contribution in [0, 0.1) is 0 Å². The molecule has 10 nitrogen and oxygen atoms in total. The van der Waals surface area contributed by atoms with Crippen LogP contribution >= 0.6 is 0 Å². The predicted octanol–water partition coefficient (Wildman–Crippen LogP) is 7.90. The third kappa shape index (κ3) is 9.76. The van der Waals surface area contributed by atoms with E-state index in [2.05, 4.69) is 19.7 Å². The van der Waals surface area contributed by atoms with Gasteiger partial charge in [-0.2, -0.15) is 0 Å². The minimum Gasteiger partial charge on any atom is -0.508 e. The Morgan fingerprint density at radius 1 is 0.653 bits per heavy atom. The van der Waals surface area contributed by atoms with Gasteiger partial charge in [-0.05, 0) is 81.0 Å². The maximum atomic E-state index is 12.9. The Hall–Kier alpha value is -5.51. The monoisotopic (exact) mass is 672 g/mol. The van der Waals surface area contributed by atoms with Crippen molar-refractivity contribution in [1.82, 2.24) is 0 Å². The second-order valence-electron chi connectivity index (χ2n) is 12.6. The highest BCUT2D eigenvalue weighted by Crippen LogP contribution is 2.42. The number of carbonyl (C=O) groups excluding carboxylic acids is 3. The van der Waals surface area contributed by atoms with Crippen molar-refractivity contribution in [3.63, 3.8) is 0 Å². The molecule has 0 aromatic heterocycles. The van der Waals surface area contributed by atoms with Crippen molar-refractivity contribution in [2.75, 3.05) is 6.61 Å². The van der Waals surface area contributed by atoms with E-state index in [1.807, 2.05) is 20.8 Å². The molecule has 3 aromatic rings. The van der Waals surface area contributed by atoms with Gasteiger partial charge in [-0.1, -0.05) is 47.4 Å². The molecule has 10 heteroatoms. The fourth-order valence-corrected chi connectivity index (χ4v) is 4.83. The molecule has 0 bridgehead atoms. The summed E-state index contributed by atoms with van der Waals surface area (Å²) in [5.74, 6) is -2.66. The molecule has 2 atom stereocenters. The van der Waals surface area contributed by atoms with Crippen LogP contribution in [0.5, 0.6) is 40.2 Å². The molecule has 0 aliphatic heterocycles. The zero-order chi connectivity index (χ0) is 36.7. The van der Waals surface area contributed by atoms with E-state index in [9.17, 15) is 29.7 Å². The van der Waals surface area contributed by atoms with Gasteiger partial charge in [0.05, 0.1) is 6.61 Å². The molecule has 0 saturated heterocycles. The first-order valence-corrected chi connectivity index (χ1v) is 15.7. The first kappa shape index (κ1) is 37.9. The van der Waals surface area contributed by atoms with E-state index in [1.165, 1.54) is 51.1 Å². The lowest BCUT2D eigenvalue weighted by Gasteiger charge is -2.24. The largest absolute Gasteiger partial charge is 0.508 e.